The first-order valence-corrected chi connectivity index (χ1v) is 15.3. The quantitative estimate of drug-likeness (QED) is 0.256. The Morgan fingerprint density at radius 3 is 2.33 bits per heavy atom. The monoisotopic (exact) mass is 588 g/mol. The first kappa shape index (κ1) is 30.5. The van der Waals surface area contributed by atoms with E-state index in [1.54, 1.807) is 6.07 Å². The number of anilines is 1. The van der Waals surface area contributed by atoms with Crippen molar-refractivity contribution in [3.8, 4) is 11.5 Å². The van der Waals surface area contributed by atoms with Gasteiger partial charge in [-0.25, -0.2) is 4.39 Å². The maximum atomic E-state index is 15.0. The molecule has 3 atom stereocenters. The van der Waals surface area contributed by atoms with E-state index in [0.29, 0.717) is 5.56 Å². The lowest BCUT2D eigenvalue weighted by Crippen LogP contribution is -2.35. The summed E-state index contributed by atoms with van der Waals surface area (Å²) in [6.45, 7) is 8.51. The SMILES string of the molecule is CCCCc1ccc([C@H]2C(C(=O)O)[C@@H](c3cc(F)c4c(c3)OCO4)CN2CC(=O)Nc2c(CC)cc(C)cc2CC)cc1. The summed E-state index contributed by atoms with van der Waals surface area (Å²) in [4.78, 5) is 28.5. The van der Waals surface area contributed by atoms with Crippen LogP contribution in [0.25, 0.3) is 0 Å². The molecule has 2 heterocycles. The van der Waals surface area contributed by atoms with Gasteiger partial charge < -0.3 is 19.9 Å². The van der Waals surface area contributed by atoms with Crippen LogP contribution in [-0.4, -0.2) is 41.8 Å². The number of carbonyl (C=O) groups excluding carboxylic acids is 1. The molecule has 43 heavy (non-hydrogen) atoms. The van der Waals surface area contributed by atoms with Crippen molar-refractivity contribution >= 4 is 17.6 Å². The molecule has 7 nitrogen and oxygen atoms in total. The molecular formula is C35H41FN2O5. The standard InChI is InChI=1S/C35H41FN2O5/c1-5-8-9-22-10-12-25(13-11-22)33-31(35(40)41)27(26-16-28(36)34-29(17-26)42-20-43-34)18-38(33)19-30(39)37-32-23(6-2)14-21(4)15-24(32)7-3/h10-17,27,31,33H,5-9,18-20H2,1-4H3,(H,37,39)(H,40,41)/t27-,31?,33+/m1/s1. The molecule has 5 rings (SSSR count). The number of halogens is 1. The van der Waals surface area contributed by atoms with E-state index in [1.807, 2.05) is 29.2 Å². The van der Waals surface area contributed by atoms with Gasteiger partial charge in [0, 0.05) is 24.2 Å². The number of carbonyl (C=O) groups is 2. The van der Waals surface area contributed by atoms with Crippen molar-refractivity contribution in [2.24, 2.45) is 5.92 Å². The fourth-order valence-corrected chi connectivity index (χ4v) is 6.62. The number of aryl methyl sites for hydroxylation is 4. The maximum Gasteiger partial charge on any atom is 0.309 e. The minimum absolute atomic E-state index is 0.00421. The zero-order chi connectivity index (χ0) is 30.7. The number of unbranched alkanes of at least 4 members (excludes halogenated alkanes) is 1. The molecule has 0 bridgehead atoms. The minimum Gasteiger partial charge on any atom is -0.481 e. The zero-order valence-electron chi connectivity index (χ0n) is 25.4. The van der Waals surface area contributed by atoms with Gasteiger partial charge in [-0.15, -0.1) is 0 Å². The molecule has 3 aromatic carbocycles. The van der Waals surface area contributed by atoms with Crippen LogP contribution in [0.1, 0.15) is 79.0 Å². The van der Waals surface area contributed by atoms with Gasteiger partial charge in [-0.2, -0.15) is 0 Å². The Balaban J connectivity index is 1.50. The number of ether oxygens (including phenoxy) is 2. The molecule has 8 heteroatoms. The second kappa shape index (κ2) is 13.2. The number of aliphatic carboxylic acids is 1. The van der Waals surface area contributed by atoms with Crippen LogP contribution in [0.4, 0.5) is 10.1 Å². The Morgan fingerprint density at radius 1 is 1.00 bits per heavy atom. The molecule has 0 saturated carbocycles. The average Bonchev–Trinajstić information content (AvgIpc) is 3.62. The van der Waals surface area contributed by atoms with Crippen molar-refractivity contribution in [2.45, 2.75) is 71.8 Å². The van der Waals surface area contributed by atoms with Crippen molar-refractivity contribution in [1.29, 1.82) is 0 Å². The highest BCUT2D eigenvalue weighted by Gasteiger charge is 2.48. The first-order valence-electron chi connectivity index (χ1n) is 15.3. The third-order valence-electron chi connectivity index (χ3n) is 8.72. The van der Waals surface area contributed by atoms with Gasteiger partial charge in [-0.05, 0) is 72.6 Å². The van der Waals surface area contributed by atoms with E-state index >= 15 is 0 Å². The van der Waals surface area contributed by atoms with Gasteiger partial charge >= 0.3 is 5.97 Å². The summed E-state index contributed by atoms with van der Waals surface area (Å²) in [7, 11) is 0. The van der Waals surface area contributed by atoms with E-state index in [4.69, 9.17) is 9.47 Å². The summed E-state index contributed by atoms with van der Waals surface area (Å²) in [5.41, 5.74) is 6.65. The highest BCUT2D eigenvalue weighted by atomic mass is 19.1. The van der Waals surface area contributed by atoms with Crippen molar-refractivity contribution in [1.82, 2.24) is 4.90 Å². The highest BCUT2D eigenvalue weighted by Crippen LogP contribution is 2.48. The molecule has 0 aliphatic carbocycles. The Bertz CT molecular complexity index is 1460. The normalized spacial score (nSPS) is 19.5. The van der Waals surface area contributed by atoms with Crippen LogP contribution in [0, 0.1) is 18.7 Å². The lowest BCUT2D eigenvalue weighted by Gasteiger charge is -2.27. The summed E-state index contributed by atoms with van der Waals surface area (Å²) in [5.74, 6) is -2.96. The Labute approximate surface area is 253 Å². The molecular weight excluding hydrogens is 547 g/mol. The van der Waals surface area contributed by atoms with Gasteiger partial charge in [0.2, 0.25) is 18.4 Å². The van der Waals surface area contributed by atoms with Crippen molar-refractivity contribution in [3.05, 3.63) is 87.7 Å². The number of nitrogens with one attached hydrogen (secondary N) is 1. The highest BCUT2D eigenvalue weighted by molar-refractivity contribution is 5.94. The van der Waals surface area contributed by atoms with Crippen LogP contribution in [-0.2, 0) is 28.9 Å². The summed E-state index contributed by atoms with van der Waals surface area (Å²) in [6.07, 6.45) is 4.66. The van der Waals surface area contributed by atoms with E-state index in [0.717, 1.165) is 60.0 Å². The summed E-state index contributed by atoms with van der Waals surface area (Å²) < 4.78 is 25.7. The Morgan fingerprint density at radius 2 is 1.70 bits per heavy atom. The van der Waals surface area contributed by atoms with E-state index in [9.17, 15) is 19.1 Å². The van der Waals surface area contributed by atoms with E-state index in [-0.39, 0.29) is 37.3 Å². The van der Waals surface area contributed by atoms with E-state index in [2.05, 4.69) is 45.1 Å². The summed E-state index contributed by atoms with van der Waals surface area (Å²) in [6, 6.07) is 14.7. The zero-order valence-corrected chi connectivity index (χ0v) is 25.4. The molecule has 0 spiro atoms. The van der Waals surface area contributed by atoms with Gasteiger partial charge in [-0.1, -0.05) is 69.2 Å². The van der Waals surface area contributed by atoms with Crippen LogP contribution in [0.2, 0.25) is 0 Å². The number of hydrogen-bond donors (Lipinski definition) is 2. The lowest BCUT2D eigenvalue weighted by atomic mass is 9.82. The summed E-state index contributed by atoms with van der Waals surface area (Å²) >= 11 is 0. The Kier molecular flexibility index (Phi) is 9.35. The molecule has 2 aliphatic rings. The van der Waals surface area contributed by atoms with Crippen LogP contribution in [0.15, 0.2) is 48.5 Å². The fraction of sp³-hybridized carbons (Fsp3) is 0.429. The smallest absolute Gasteiger partial charge is 0.309 e. The molecule has 1 unspecified atom stereocenters. The number of rotatable bonds is 11. The molecule has 0 radical (unpaired) electrons. The molecule has 2 N–H and O–H groups in total. The molecule has 0 aromatic heterocycles. The van der Waals surface area contributed by atoms with Gasteiger partial charge in [0.25, 0.3) is 0 Å². The summed E-state index contributed by atoms with van der Waals surface area (Å²) in [5, 5.41) is 13.7. The average molecular weight is 589 g/mol. The first-order chi connectivity index (χ1) is 20.7. The lowest BCUT2D eigenvalue weighted by molar-refractivity contribution is -0.143. The van der Waals surface area contributed by atoms with Crippen LogP contribution in [0.5, 0.6) is 11.5 Å². The molecule has 228 valence electrons. The molecule has 1 amide bonds. The topological polar surface area (TPSA) is 88.1 Å². The van der Waals surface area contributed by atoms with Gasteiger partial charge in [-0.3, -0.25) is 14.5 Å². The molecule has 1 saturated heterocycles. The van der Waals surface area contributed by atoms with Gasteiger partial charge in [0.15, 0.2) is 11.6 Å². The van der Waals surface area contributed by atoms with Crippen LogP contribution < -0.4 is 14.8 Å². The Hall–Kier alpha value is -3.91. The van der Waals surface area contributed by atoms with Crippen LogP contribution in [0.3, 0.4) is 0 Å². The number of nitrogens with zero attached hydrogens (tertiary/aromatic N) is 1. The van der Waals surface area contributed by atoms with Gasteiger partial charge in [0.1, 0.15) is 0 Å². The number of likely N-dealkylation sites (tertiary alicyclic amines) is 1. The second-order valence-corrected chi connectivity index (χ2v) is 11.6. The third kappa shape index (κ3) is 6.39. The maximum absolute atomic E-state index is 15.0. The number of hydrogen-bond acceptors (Lipinski definition) is 5. The predicted octanol–water partition coefficient (Wildman–Crippen LogP) is 6.81. The number of carboxylic acids is 1. The van der Waals surface area contributed by atoms with Crippen molar-refractivity contribution in [2.75, 3.05) is 25.2 Å². The number of fused-ring (bicyclic) bond motifs is 1. The third-order valence-corrected chi connectivity index (χ3v) is 8.72. The molecule has 1 fully saturated rings. The largest absolute Gasteiger partial charge is 0.481 e. The number of benzene rings is 3. The number of amides is 1. The van der Waals surface area contributed by atoms with E-state index < -0.39 is 29.7 Å². The minimum atomic E-state index is -0.994. The van der Waals surface area contributed by atoms with Crippen molar-refractivity contribution < 1.29 is 28.6 Å². The molecule has 2 aliphatic heterocycles. The number of carboxylic acid groups (broad SMARTS) is 1. The second-order valence-electron chi connectivity index (χ2n) is 11.6. The van der Waals surface area contributed by atoms with E-state index in [1.165, 1.54) is 11.6 Å². The predicted molar refractivity (Wildman–Crippen MR) is 164 cm³/mol. The van der Waals surface area contributed by atoms with Gasteiger partial charge in [0.05, 0.1) is 12.5 Å². The van der Waals surface area contributed by atoms with Crippen LogP contribution >= 0.6 is 0 Å². The van der Waals surface area contributed by atoms with Crippen molar-refractivity contribution in [3.63, 3.8) is 0 Å². The molecule has 3 aromatic rings. The fourth-order valence-electron chi connectivity index (χ4n) is 6.62.